The summed E-state index contributed by atoms with van der Waals surface area (Å²) in [4.78, 5) is 2.18. The normalized spacial score (nSPS) is 10.6. The highest BCUT2D eigenvalue weighted by molar-refractivity contribution is 6.05. The molecule has 0 aliphatic carbocycles. The van der Waals surface area contributed by atoms with Crippen molar-refractivity contribution in [3.05, 3.63) is 66.7 Å². The van der Waals surface area contributed by atoms with Gasteiger partial charge in [-0.25, -0.2) is 0 Å². The van der Waals surface area contributed by atoms with E-state index >= 15 is 0 Å². The molecule has 0 spiro atoms. The molecule has 0 unspecified atom stereocenters. The Morgan fingerprint density at radius 3 is 2.05 bits per heavy atom. The van der Waals surface area contributed by atoms with Crippen LogP contribution in [-0.4, -0.2) is 14.1 Å². The molecule has 0 N–H and O–H groups in total. The van der Waals surface area contributed by atoms with Gasteiger partial charge in [0.2, 0.25) is 0 Å². The van der Waals surface area contributed by atoms with Crippen LogP contribution < -0.4 is 4.90 Å². The molecule has 0 amide bonds. The lowest BCUT2D eigenvalue weighted by Crippen LogP contribution is -2.09. The van der Waals surface area contributed by atoms with Crippen LogP contribution in [0.1, 0.15) is 0 Å². The largest absolute Gasteiger partial charge is 0.377 e. The molecule has 0 saturated heterocycles. The van der Waals surface area contributed by atoms with Crippen molar-refractivity contribution in [2.24, 2.45) is 0 Å². The first-order valence-electron chi connectivity index (χ1n) is 6.52. The van der Waals surface area contributed by atoms with E-state index in [-0.39, 0.29) is 0 Å². The minimum Gasteiger partial charge on any atom is -0.377 e. The summed E-state index contributed by atoms with van der Waals surface area (Å²) < 4.78 is 0. The molecule has 0 aromatic heterocycles. The van der Waals surface area contributed by atoms with Crippen LogP contribution in [0.3, 0.4) is 0 Å². The number of nitrogens with zero attached hydrogens (tertiary/aromatic N) is 1. The summed E-state index contributed by atoms with van der Waals surface area (Å²) in [5.41, 5.74) is 3.82. The van der Waals surface area contributed by atoms with E-state index in [2.05, 4.69) is 85.7 Å². The van der Waals surface area contributed by atoms with Crippen molar-refractivity contribution in [3.8, 4) is 11.1 Å². The first-order chi connectivity index (χ1) is 9.27. The van der Waals surface area contributed by atoms with Gasteiger partial charge >= 0.3 is 0 Å². The van der Waals surface area contributed by atoms with Gasteiger partial charge in [0, 0.05) is 25.2 Å². The Morgan fingerprint density at radius 1 is 0.684 bits per heavy atom. The second-order valence-electron chi connectivity index (χ2n) is 4.94. The zero-order valence-corrected chi connectivity index (χ0v) is 11.3. The zero-order chi connectivity index (χ0) is 13.2. The number of fused-ring (bicyclic) bond motifs is 1. The SMILES string of the molecule is CN(C)c1cccc2cccc(-c3ccccc3)c12. The average molecular weight is 247 g/mol. The quantitative estimate of drug-likeness (QED) is 0.641. The van der Waals surface area contributed by atoms with E-state index in [9.17, 15) is 0 Å². The van der Waals surface area contributed by atoms with Gasteiger partial charge in [-0.05, 0) is 22.6 Å². The van der Waals surface area contributed by atoms with Gasteiger partial charge in [0.1, 0.15) is 0 Å². The van der Waals surface area contributed by atoms with Crippen LogP contribution >= 0.6 is 0 Å². The van der Waals surface area contributed by atoms with Gasteiger partial charge in [-0.15, -0.1) is 0 Å². The summed E-state index contributed by atoms with van der Waals surface area (Å²) in [5.74, 6) is 0. The maximum atomic E-state index is 2.20. The van der Waals surface area contributed by atoms with Gasteiger partial charge in [-0.1, -0.05) is 60.7 Å². The number of rotatable bonds is 2. The smallest absolute Gasteiger partial charge is 0.0447 e. The summed E-state index contributed by atoms with van der Waals surface area (Å²) in [7, 11) is 4.19. The molecule has 0 aliphatic rings. The minimum absolute atomic E-state index is 1.26. The Labute approximate surface area is 114 Å². The minimum atomic E-state index is 1.26. The fraction of sp³-hybridized carbons (Fsp3) is 0.111. The highest BCUT2D eigenvalue weighted by Crippen LogP contribution is 2.34. The van der Waals surface area contributed by atoms with Gasteiger partial charge in [-0.3, -0.25) is 0 Å². The van der Waals surface area contributed by atoms with Crippen LogP contribution in [0.15, 0.2) is 66.7 Å². The van der Waals surface area contributed by atoms with Gasteiger partial charge in [0.15, 0.2) is 0 Å². The second kappa shape index (κ2) is 4.77. The predicted octanol–water partition coefficient (Wildman–Crippen LogP) is 4.57. The summed E-state index contributed by atoms with van der Waals surface area (Å²) in [5, 5.41) is 2.61. The Morgan fingerprint density at radius 2 is 1.37 bits per heavy atom. The molecule has 19 heavy (non-hydrogen) atoms. The van der Waals surface area contributed by atoms with Gasteiger partial charge < -0.3 is 4.90 Å². The lowest BCUT2D eigenvalue weighted by Gasteiger charge is -2.18. The third kappa shape index (κ3) is 2.08. The van der Waals surface area contributed by atoms with Gasteiger partial charge in [-0.2, -0.15) is 0 Å². The Balaban J connectivity index is 2.37. The van der Waals surface area contributed by atoms with Crippen LogP contribution in [-0.2, 0) is 0 Å². The highest BCUT2D eigenvalue weighted by Gasteiger charge is 2.08. The van der Waals surface area contributed by atoms with Crippen LogP contribution in [0.5, 0.6) is 0 Å². The van der Waals surface area contributed by atoms with Crippen LogP contribution in [0, 0.1) is 0 Å². The molecule has 1 nitrogen and oxygen atoms in total. The van der Waals surface area contributed by atoms with Crippen molar-refractivity contribution in [2.75, 3.05) is 19.0 Å². The Hall–Kier alpha value is -2.28. The summed E-state index contributed by atoms with van der Waals surface area (Å²) in [6.07, 6.45) is 0. The predicted molar refractivity (Wildman–Crippen MR) is 83.7 cm³/mol. The third-order valence-electron chi connectivity index (χ3n) is 3.45. The van der Waals surface area contributed by atoms with E-state index in [1.54, 1.807) is 0 Å². The Kier molecular flexibility index (Phi) is 2.96. The van der Waals surface area contributed by atoms with Crippen LogP contribution in [0.25, 0.3) is 21.9 Å². The topological polar surface area (TPSA) is 3.24 Å². The number of anilines is 1. The second-order valence-corrected chi connectivity index (χ2v) is 4.94. The van der Waals surface area contributed by atoms with E-state index in [1.807, 2.05) is 0 Å². The average Bonchev–Trinajstić information content (AvgIpc) is 2.46. The van der Waals surface area contributed by atoms with Crippen molar-refractivity contribution in [3.63, 3.8) is 0 Å². The fourth-order valence-corrected chi connectivity index (χ4v) is 2.55. The van der Waals surface area contributed by atoms with E-state index in [0.29, 0.717) is 0 Å². The third-order valence-corrected chi connectivity index (χ3v) is 3.45. The molecule has 0 saturated carbocycles. The number of hydrogen-bond acceptors (Lipinski definition) is 1. The molecular weight excluding hydrogens is 230 g/mol. The molecular formula is C18H17N. The highest BCUT2D eigenvalue weighted by atomic mass is 15.1. The van der Waals surface area contributed by atoms with Crippen LogP contribution in [0.2, 0.25) is 0 Å². The van der Waals surface area contributed by atoms with Crippen molar-refractivity contribution in [2.45, 2.75) is 0 Å². The zero-order valence-electron chi connectivity index (χ0n) is 11.3. The number of benzene rings is 3. The Bertz CT molecular complexity index is 694. The van der Waals surface area contributed by atoms with Crippen molar-refractivity contribution >= 4 is 16.5 Å². The first-order valence-corrected chi connectivity index (χ1v) is 6.52. The molecule has 0 heterocycles. The number of hydrogen-bond donors (Lipinski definition) is 0. The molecule has 0 radical (unpaired) electrons. The summed E-state index contributed by atoms with van der Waals surface area (Å²) in [6, 6.07) is 23.5. The van der Waals surface area contributed by atoms with Crippen LogP contribution in [0.4, 0.5) is 5.69 Å². The molecule has 0 aliphatic heterocycles. The molecule has 94 valence electrons. The van der Waals surface area contributed by atoms with Crippen molar-refractivity contribution in [1.82, 2.24) is 0 Å². The molecule has 3 rings (SSSR count). The lowest BCUT2D eigenvalue weighted by atomic mass is 9.97. The first kappa shape index (κ1) is 11.8. The molecule has 3 aromatic carbocycles. The van der Waals surface area contributed by atoms with Gasteiger partial charge in [0.05, 0.1) is 0 Å². The summed E-state index contributed by atoms with van der Waals surface area (Å²) in [6.45, 7) is 0. The van der Waals surface area contributed by atoms with E-state index in [0.717, 1.165) is 0 Å². The van der Waals surface area contributed by atoms with Gasteiger partial charge in [0.25, 0.3) is 0 Å². The summed E-state index contributed by atoms with van der Waals surface area (Å²) >= 11 is 0. The molecule has 3 aromatic rings. The lowest BCUT2D eigenvalue weighted by molar-refractivity contribution is 1.14. The van der Waals surface area contributed by atoms with E-state index in [4.69, 9.17) is 0 Å². The standard InChI is InChI=1S/C18H17N/c1-19(2)17-13-7-11-15-10-6-12-16(18(15)17)14-8-4-3-5-9-14/h3-13H,1-2H3. The van der Waals surface area contributed by atoms with Crippen molar-refractivity contribution < 1.29 is 0 Å². The van der Waals surface area contributed by atoms with E-state index < -0.39 is 0 Å². The monoisotopic (exact) mass is 247 g/mol. The maximum absolute atomic E-state index is 2.20. The maximum Gasteiger partial charge on any atom is 0.0447 e. The van der Waals surface area contributed by atoms with E-state index in [1.165, 1.54) is 27.6 Å². The van der Waals surface area contributed by atoms with Crippen molar-refractivity contribution in [1.29, 1.82) is 0 Å². The fourth-order valence-electron chi connectivity index (χ4n) is 2.55. The molecule has 0 fully saturated rings. The molecule has 1 heteroatoms. The molecule has 0 bridgehead atoms. The molecule has 0 atom stereocenters.